The highest BCUT2D eigenvalue weighted by atomic mass is 16.2. The molecule has 1 aliphatic rings. The molecule has 0 aliphatic heterocycles. The van der Waals surface area contributed by atoms with Crippen molar-refractivity contribution in [3.05, 3.63) is 84.6 Å². The third-order valence-corrected chi connectivity index (χ3v) is 9.48. The monoisotopic (exact) mass is 719 g/mol. The van der Waals surface area contributed by atoms with Crippen LogP contribution in [-0.2, 0) is 19.2 Å². The summed E-state index contributed by atoms with van der Waals surface area (Å²) in [5.74, 6) is -0.0728. The van der Waals surface area contributed by atoms with E-state index in [1.54, 1.807) is 40.7 Å². The second-order valence-corrected chi connectivity index (χ2v) is 14.3. The first-order valence-corrected chi connectivity index (χ1v) is 19.6. The molecule has 0 saturated heterocycles. The van der Waals surface area contributed by atoms with Crippen molar-refractivity contribution in [1.29, 1.82) is 0 Å². The fraction of sp³-hybridized carbons (Fsp3) is 0.591. The second kappa shape index (κ2) is 26.8. The van der Waals surface area contributed by atoms with Crippen LogP contribution in [0.5, 0.6) is 0 Å². The summed E-state index contributed by atoms with van der Waals surface area (Å²) < 4.78 is 0. The Kier molecular flexibility index (Phi) is 23.7. The van der Waals surface area contributed by atoms with Gasteiger partial charge in [-0.3, -0.25) is 19.2 Å². The summed E-state index contributed by atoms with van der Waals surface area (Å²) in [5.41, 5.74) is 2.43. The molecule has 0 aromatic carbocycles. The lowest BCUT2D eigenvalue weighted by molar-refractivity contribution is -0.130. The molecule has 0 aromatic heterocycles. The van der Waals surface area contributed by atoms with Crippen molar-refractivity contribution >= 4 is 23.6 Å². The molecule has 4 amide bonds. The van der Waals surface area contributed by atoms with Gasteiger partial charge >= 0.3 is 0 Å². The zero-order chi connectivity index (χ0) is 38.9. The van der Waals surface area contributed by atoms with Gasteiger partial charge in [0.05, 0.1) is 0 Å². The smallest absolute Gasteiger partial charge is 0.249 e. The van der Waals surface area contributed by atoms with E-state index in [9.17, 15) is 19.2 Å². The molecule has 0 N–H and O–H groups in total. The molecule has 0 unspecified atom stereocenters. The predicted molar refractivity (Wildman–Crippen MR) is 218 cm³/mol. The number of unbranched alkanes of at least 4 members (excludes halogenated alkanes) is 6. The van der Waals surface area contributed by atoms with Crippen molar-refractivity contribution in [3.63, 3.8) is 0 Å². The lowest BCUT2D eigenvalue weighted by atomic mass is 9.93. The van der Waals surface area contributed by atoms with E-state index in [-0.39, 0.29) is 23.6 Å². The van der Waals surface area contributed by atoms with Crippen molar-refractivity contribution < 1.29 is 19.2 Å². The Balaban J connectivity index is 2.48. The minimum Gasteiger partial charge on any atom is -0.342 e. The number of amides is 4. The zero-order valence-electron chi connectivity index (χ0n) is 33.6. The number of carbonyl (C=O) groups excluding carboxylic acids is 4. The Morgan fingerprint density at radius 2 is 1.21 bits per heavy atom. The molecule has 1 rings (SSSR count). The van der Waals surface area contributed by atoms with Gasteiger partial charge in [-0.1, -0.05) is 108 Å². The molecule has 0 heterocycles. The normalized spacial score (nSPS) is 14.0. The average Bonchev–Trinajstić information content (AvgIpc) is 3.13. The molecule has 8 nitrogen and oxygen atoms in total. The third kappa shape index (κ3) is 18.0. The SMILES string of the molecule is C=CCN(C/C=C/CN(C/C=C\C=C(\C)C(=O)N(C)CCCCCCC/C=C(\C)C(=O)N(CCCC)C1CCCCC1)C(=O)C(=C)C)C(=O)C(=C)C. The van der Waals surface area contributed by atoms with Gasteiger partial charge in [-0.2, -0.15) is 0 Å². The van der Waals surface area contributed by atoms with E-state index in [1.807, 2.05) is 45.2 Å². The third-order valence-electron chi connectivity index (χ3n) is 9.48. The predicted octanol–water partition coefficient (Wildman–Crippen LogP) is 8.75. The molecule has 1 fully saturated rings. The van der Waals surface area contributed by atoms with Crippen molar-refractivity contribution in [2.24, 2.45) is 0 Å². The molecular formula is C44H70N4O4. The number of likely N-dealkylation sites (N-methyl/N-ethyl adjacent to an activating group) is 1. The van der Waals surface area contributed by atoms with Gasteiger partial charge in [0.2, 0.25) is 23.6 Å². The van der Waals surface area contributed by atoms with E-state index in [2.05, 4.69) is 37.6 Å². The summed E-state index contributed by atoms with van der Waals surface area (Å²) in [5, 5.41) is 0. The summed E-state index contributed by atoms with van der Waals surface area (Å²) in [7, 11) is 1.84. The highest BCUT2D eigenvalue weighted by molar-refractivity contribution is 5.94. The summed E-state index contributed by atoms with van der Waals surface area (Å²) >= 11 is 0. The maximum atomic E-state index is 13.3. The molecule has 1 aliphatic carbocycles. The molecule has 0 atom stereocenters. The van der Waals surface area contributed by atoms with E-state index < -0.39 is 0 Å². The number of rotatable bonds is 25. The molecule has 1 saturated carbocycles. The first-order valence-electron chi connectivity index (χ1n) is 19.6. The highest BCUT2D eigenvalue weighted by Gasteiger charge is 2.25. The van der Waals surface area contributed by atoms with Crippen LogP contribution in [0.2, 0.25) is 0 Å². The maximum absolute atomic E-state index is 13.3. The van der Waals surface area contributed by atoms with Gasteiger partial charge < -0.3 is 19.6 Å². The molecule has 0 bridgehead atoms. The van der Waals surface area contributed by atoms with Crippen LogP contribution in [0.15, 0.2) is 84.6 Å². The van der Waals surface area contributed by atoms with Crippen LogP contribution in [0.1, 0.15) is 118 Å². The largest absolute Gasteiger partial charge is 0.342 e. The summed E-state index contributed by atoms with van der Waals surface area (Å²) in [4.78, 5) is 58.4. The van der Waals surface area contributed by atoms with Crippen LogP contribution >= 0.6 is 0 Å². The molecule has 8 heteroatoms. The van der Waals surface area contributed by atoms with Crippen LogP contribution in [0, 0.1) is 0 Å². The van der Waals surface area contributed by atoms with Crippen molar-refractivity contribution in [2.45, 2.75) is 124 Å². The van der Waals surface area contributed by atoms with Gasteiger partial charge in [0.25, 0.3) is 0 Å². The standard InChI is InChI=1S/C44H70N4O4/c1-10-12-35-48(40-28-19-17-20-29-40)44(52)39(8)26-18-15-13-14-16-22-31-45(9)43(51)38(7)27-21-23-32-47(42(50)37(5)6)34-25-24-33-46(30-11-2)41(49)36(3)4/h11,21,23-27,40H,2-3,5,10,12-20,22,28-35H2,1,4,6-9H3/b23-21-,25-24+,38-27-,39-26+. The van der Waals surface area contributed by atoms with E-state index in [0.29, 0.717) is 55.5 Å². The minimum absolute atomic E-state index is 0.0117. The summed E-state index contributed by atoms with van der Waals surface area (Å²) in [6, 6.07) is 0.415. The Morgan fingerprint density at radius 3 is 1.79 bits per heavy atom. The van der Waals surface area contributed by atoms with Crippen LogP contribution < -0.4 is 0 Å². The van der Waals surface area contributed by atoms with Gasteiger partial charge in [-0.05, 0) is 66.2 Å². The van der Waals surface area contributed by atoms with E-state index >= 15 is 0 Å². The molecule has 52 heavy (non-hydrogen) atoms. The quantitative estimate of drug-likeness (QED) is 0.0409. The molecular weight excluding hydrogens is 649 g/mol. The fourth-order valence-corrected chi connectivity index (χ4v) is 6.28. The molecule has 0 spiro atoms. The molecule has 290 valence electrons. The van der Waals surface area contributed by atoms with Gasteiger partial charge in [-0.15, -0.1) is 6.58 Å². The Morgan fingerprint density at radius 1 is 0.654 bits per heavy atom. The van der Waals surface area contributed by atoms with Gasteiger partial charge in [0, 0.05) is 74.7 Å². The number of allylic oxidation sites excluding steroid dienone is 3. The lowest BCUT2D eigenvalue weighted by Gasteiger charge is -2.34. The Hall–Kier alpha value is -3.94. The van der Waals surface area contributed by atoms with Crippen LogP contribution in [0.3, 0.4) is 0 Å². The van der Waals surface area contributed by atoms with Crippen LogP contribution in [-0.4, -0.2) is 95.6 Å². The van der Waals surface area contributed by atoms with Crippen molar-refractivity contribution in [3.8, 4) is 0 Å². The number of hydrogen-bond acceptors (Lipinski definition) is 4. The van der Waals surface area contributed by atoms with Crippen LogP contribution in [0.25, 0.3) is 0 Å². The summed E-state index contributed by atoms with van der Waals surface area (Å²) in [6.07, 6.45) is 27.5. The topological polar surface area (TPSA) is 81.2 Å². The van der Waals surface area contributed by atoms with Gasteiger partial charge in [0.15, 0.2) is 0 Å². The van der Waals surface area contributed by atoms with Crippen molar-refractivity contribution in [2.75, 3.05) is 46.3 Å². The first-order chi connectivity index (χ1) is 24.8. The fourth-order valence-electron chi connectivity index (χ4n) is 6.28. The average molecular weight is 719 g/mol. The Labute approximate surface area is 316 Å². The maximum Gasteiger partial charge on any atom is 0.249 e. The van der Waals surface area contributed by atoms with Crippen LogP contribution in [0.4, 0.5) is 0 Å². The second-order valence-electron chi connectivity index (χ2n) is 14.3. The van der Waals surface area contributed by atoms with E-state index in [1.165, 1.54) is 19.3 Å². The number of nitrogens with zero attached hydrogens (tertiary/aromatic N) is 4. The lowest BCUT2D eigenvalue weighted by Crippen LogP contribution is -2.42. The van der Waals surface area contributed by atoms with Gasteiger partial charge in [-0.25, -0.2) is 0 Å². The van der Waals surface area contributed by atoms with Gasteiger partial charge in [0.1, 0.15) is 0 Å². The minimum atomic E-state index is -0.160. The van der Waals surface area contributed by atoms with E-state index in [4.69, 9.17) is 0 Å². The number of hydrogen-bond donors (Lipinski definition) is 0. The molecule has 0 aromatic rings. The number of carbonyl (C=O) groups is 4. The Bertz CT molecular complexity index is 1300. The first kappa shape index (κ1) is 46.1. The highest BCUT2D eigenvalue weighted by Crippen LogP contribution is 2.24. The molecule has 0 radical (unpaired) electrons. The van der Waals surface area contributed by atoms with E-state index in [0.717, 1.165) is 76.3 Å². The zero-order valence-corrected chi connectivity index (χ0v) is 33.6. The van der Waals surface area contributed by atoms with Crippen molar-refractivity contribution in [1.82, 2.24) is 19.6 Å². The summed E-state index contributed by atoms with van der Waals surface area (Å²) in [6.45, 7) is 23.7.